The SMILES string of the molecule is CC.CC(=O)N1CCCCC1CN1CCCC1. The molecule has 1 atom stereocenters. The van der Waals surface area contributed by atoms with Crippen molar-refractivity contribution in [1.29, 1.82) is 0 Å². The van der Waals surface area contributed by atoms with Crippen LogP contribution in [-0.2, 0) is 4.79 Å². The van der Waals surface area contributed by atoms with E-state index in [2.05, 4.69) is 9.80 Å². The Bertz CT molecular complexity index is 224. The molecule has 2 aliphatic heterocycles. The molecular weight excluding hydrogens is 212 g/mol. The van der Waals surface area contributed by atoms with Gasteiger partial charge in [-0.1, -0.05) is 13.8 Å². The molecular formula is C14H28N2O. The zero-order valence-corrected chi connectivity index (χ0v) is 11.7. The maximum atomic E-state index is 11.5. The Morgan fingerprint density at radius 3 is 2.24 bits per heavy atom. The van der Waals surface area contributed by atoms with Crippen LogP contribution >= 0.6 is 0 Å². The van der Waals surface area contributed by atoms with Gasteiger partial charge in [0.2, 0.25) is 5.91 Å². The summed E-state index contributed by atoms with van der Waals surface area (Å²) in [4.78, 5) is 16.1. The van der Waals surface area contributed by atoms with E-state index < -0.39 is 0 Å². The first-order valence-electron chi connectivity index (χ1n) is 7.27. The van der Waals surface area contributed by atoms with Gasteiger partial charge in [0.25, 0.3) is 0 Å². The van der Waals surface area contributed by atoms with Gasteiger partial charge >= 0.3 is 0 Å². The van der Waals surface area contributed by atoms with Crippen molar-refractivity contribution < 1.29 is 4.79 Å². The Hall–Kier alpha value is -0.570. The van der Waals surface area contributed by atoms with Crippen molar-refractivity contribution >= 4 is 5.91 Å². The second-order valence-electron chi connectivity index (χ2n) is 4.87. The molecule has 3 heteroatoms. The lowest BCUT2D eigenvalue weighted by Gasteiger charge is -2.37. The molecule has 2 rings (SSSR count). The molecule has 1 amide bonds. The Morgan fingerprint density at radius 2 is 1.65 bits per heavy atom. The lowest BCUT2D eigenvalue weighted by Crippen LogP contribution is -2.48. The molecule has 0 saturated carbocycles. The summed E-state index contributed by atoms with van der Waals surface area (Å²) < 4.78 is 0. The second-order valence-corrected chi connectivity index (χ2v) is 4.87. The number of rotatable bonds is 2. The van der Waals surface area contributed by atoms with Crippen LogP contribution in [0.15, 0.2) is 0 Å². The van der Waals surface area contributed by atoms with Gasteiger partial charge in [-0.25, -0.2) is 0 Å². The molecule has 0 bridgehead atoms. The summed E-state index contributed by atoms with van der Waals surface area (Å²) in [7, 11) is 0. The lowest BCUT2D eigenvalue weighted by atomic mass is 10.0. The number of nitrogens with zero attached hydrogens (tertiary/aromatic N) is 2. The predicted molar refractivity (Wildman–Crippen MR) is 72.0 cm³/mol. The van der Waals surface area contributed by atoms with Crippen LogP contribution in [0.5, 0.6) is 0 Å². The summed E-state index contributed by atoms with van der Waals surface area (Å²) >= 11 is 0. The third kappa shape index (κ3) is 4.30. The molecule has 2 aliphatic rings. The van der Waals surface area contributed by atoms with Gasteiger partial charge < -0.3 is 9.80 Å². The van der Waals surface area contributed by atoms with Crippen molar-refractivity contribution in [2.45, 2.75) is 58.9 Å². The number of likely N-dealkylation sites (tertiary alicyclic amines) is 2. The summed E-state index contributed by atoms with van der Waals surface area (Å²) in [5.41, 5.74) is 0. The van der Waals surface area contributed by atoms with Crippen LogP contribution in [0, 0.1) is 0 Å². The second kappa shape index (κ2) is 7.70. The van der Waals surface area contributed by atoms with Gasteiger partial charge in [0.05, 0.1) is 0 Å². The van der Waals surface area contributed by atoms with Crippen LogP contribution in [-0.4, -0.2) is 47.9 Å². The number of hydrogen-bond acceptors (Lipinski definition) is 2. The van der Waals surface area contributed by atoms with Crippen molar-refractivity contribution in [2.75, 3.05) is 26.2 Å². The van der Waals surface area contributed by atoms with Gasteiger partial charge in [-0.2, -0.15) is 0 Å². The van der Waals surface area contributed by atoms with Crippen molar-refractivity contribution in [1.82, 2.24) is 9.80 Å². The number of piperidine rings is 1. The first-order chi connectivity index (χ1) is 8.27. The van der Waals surface area contributed by atoms with Gasteiger partial charge in [-0.05, 0) is 45.2 Å². The van der Waals surface area contributed by atoms with Gasteiger partial charge in [0.15, 0.2) is 0 Å². The topological polar surface area (TPSA) is 23.6 Å². The Morgan fingerprint density at radius 1 is 1.06 bits per heavy atom. The maximum Gasteiger partial charge on any atom is 0.219 e. The van der Waals surface area contributed by atoms with E-state index in [0.717, 1.165) is 13.1 Å². The molecule has 1 unspecified atom stereocenters. The van der Waals surface area contributed by atoms with Gasteiger partial charge in [-0.15, -0.1) is 0 Å². The fraction of sp³-hybridized carbons (Fsp3) is 0.929. The Labute approximate surface area is 106 Å². The van der Waals surface area contributed by atoms with Crippen molar-refractivity contribution in [3.63, 3.8) is 0 Å². The molecule has 100 valence electrons. The highest BCUT2D eigenvalue weighted by molar-refractivity contribution is 5.73. The highest BCUT2D eigenvalue weighted by Gasteiger charge is 2.26. The third-order valence-electron chi connectivity index (χ3n) is 3.70. The highest BCUT2D eigenvalue weighted by Crippen LogP contribution is 2.19. The number of amides is 1. The summed E-state index contributed by atoms with van der Waals surface area (Å²) in [5, 5.41) is 0. The molecule has 0 aromatic rings. The predicted octanol–water partition coefficient (Wildman–Crippen LogP) is 2.51. The van der Waals surface area contributed by atoms with E-state index in [9.17, 15) is 4.79 Å². The van der Waals surface area contributed by atoms with E-state index in [1.54, 1.807) is 6.92 Å². The van der Waals surface area contributed by atoms with E-state index in [4.69, 9.17) is 0 Å². The fourth-order valence-electron chi connectivity index (χ4n) is 2.87. The monoisotopic (exact) mass is 240 g/mol. The van der Waals surface area contributed by atoms with Crippen LogP contribution in [0.25, 0.3) is 0 Å². The smallest absolute Gasteiger partial charge is 0.219 e. The molecule has 0 aromatic carbocycles. The molecule has 0 spiro atoms. The van der Waals surface area contributed by atoms with Crippen LogP contribution in [0.3, 0.4) is 0 Å². The minimum atomic E-state index is 0.263. The lowest BCUT2D eigenvalue weighted by molar-refractivity contribution is -0.132. The molecule has 3 nitrogen and oxygen atoms in total. The molecule has 0 N–H and O–H groups in total. The number of carbonyl (C=O) groups excluding carboxylic acids is 1. The molecule has 0 aliphatic carbocycles. The average Bonchev–Trinajstić information content (AvgIpc) is 2.85. The maximum absolute atomic E-state index is 11.5. The van der Waals surface area contributed by atoms with E-state index in [1.165, 1.54) is 45.2 Å². The average molecular weight is 240 g/mol. The van der Waals surface area contributed by atoms with Crippen LogP contribution in [0.4, 0.5) is 0 Å². The Kier molecular flexibility index (Phi) is 6.56. The summed E-state index contributed by atoms with van der Waals surface area (Å²) in [5.74, 6) is 0.263. The van der Waals surface area contributed by atoms with E-state index in [1.807, 2.05) is 13.8 Å². The van der Waals surface area contributed by atoms with E-state index >= 15 is 0 Å². The first-order valence-corrected chi connectivity index (χ1v) is 7.27. The van der Waals surface area contributed by atoms with Crippen molar-refractivity contribution in [3.05, 3.63) is 0 Å². The summed E-state index contributed by atoms with van der Waals surface area (Å²) in [6.45, 7) is 10.3. The Balaban J connectivity index is 0.000000686. The van der Waals surface area contributed by atoms with E-state index in [0.29, 0.717) is 6.04 Å². The minimum absolute atomic E-state index is 0.263. The normalized spacial score (nSPS) is 25.4. The summed E-state index contributed by atoms with van der Waals surface area (Å²) in [6, 6.07) is 0.495. The zero-order valence-electron chi connectivity index (χ0n) is 11.7. The fourth-order valence-corrected chi connectivity index (χ4v) is 2.87. The third-order valence-corrected chi connectivity index (χ3v) is 3.70. The molecule has 2 heterocycles. The van der Waals surface area contributed by atoms with E-state index in [-0.39, 0.29) is 5.91 Å². The quantitative estimate of drug-likeness (QED) is 0.740. The first kappa shape index (κ1) is 14.5. The molecule has 0 aromatic heterocycles. The van der Waals surface area contributed by atoms with Crippen molar-refractivity contribution in [3.8, 4) is 0 Å². The zero-order chi connectivity index (χ0) is 12.7. The van der Waals surface area contributed by atoms with Crippen LogP contribution in [0.2, 0.25) is 0 Å². The highest BCUT2D eigenvalue weighted by atomic mass is 16.2. The summed E-state index contributed by atoms with van der Waals surface area (Å²) in [6.07, 6.45) is 6.37. The number of hydrogen-bond donors (Lipinski definition) is 0. The van der Waals surface area contributed by atoms with Crippen LogP contribution in [0.1, 0.15) is 52.9 Å². The largest absolute Gasteiger partial charge is 0.339 e. The minimum Gasteiger partial charge on any atom is -0.339 e. The van der Waals surface area contributed by atoms with Gasteiger partial charge in [0.1, 0.15) is 0 Å². The van der Waals surface area contributed by atoms with Gasteiger partial charge in [-0.3, -0.25) is 4.79 Å². The molecule has 0 radical (unpaired) electrons. The van der Waals surface area contributed by atoms with Gasteiger partial charge in [0, 0.05) is 26.1 Å². The standard InChI is InChI=1S/C12H22N2O.C2H6/c1-11(15)14-9-3-2-6-12(14)10-13-7-4-5-8-13;1-2/h12H,2-10H2,1H3;1-2H3. The van der Waals surface area contributed by atoms with Crippen LogP contribution < -0.4 is 0 Å². The molecule has 2 fully saturated rings. The molecule has 2 saturated heterocycles. The molecule has 17 heavy (non-hydrogen) atoms. The number of carbonyl (C=O) groups is 1. The van der Waals surface area contributed by atoms with Crippen molar-refractivity contribution in [2.24, 2.45) is 0 Å².